The van der Waals surface area contributed by atoms with Crippen LogP contribution in [0.2, 0.25) is 0 Å². The Morgan fingerprint density at radius 1 is 0.848 bits per heavy atom. The Balaban J connectivity index is 1.26. The van der Waals surface area contributed by atoms with E-state index in [2.05, 4.69) is 17.4 Å². The molecule has 4 rings (SSSR count). The molecule has 0 saturated carbocycles. The number of amides is 3. The standard InChI is InChI=1S/C26H27N3O4/c30-24(13-4-9-20-7-2-1-3-8-20)28-14-16-29(17-15-28)26(32)21-10-5-11-22(19-21)27-25(31)23-12-6-18-33-23/h1-3,5-8,10-12,18-19H,4,9,13-17H2,(H,27,31). The van der Waals surface area contributed by atoms with E-state index in [-0.39, 0.29) is 23.5 Å². The van der Waals surface area contributed by atoms with Crippen LogP contribution in [0.5, 0.6) is 0 Å². The van der Waals surface area contributed by atoms with Crippen LogP contribution in [0.15, 0.2) is 77.4 Å². The average molecular weight is 446 g/mol. The number of piperazine rings is 1. The van der Waals surface area contributed by atoms with Crippen LogP contribution in [0, 0.1) is 0 Å². The number of anilines is 1. The van der Waals surface area contributed by atoms with Gasteiger partial charge in [0.25, 0.3) is 11.8 Å². The largest absolute Gasteiger partial charge is 0.459 e. The van der Waals surface area contributed by atoms with Crippen molar-refractivity contribution in [3.63, 3.8) is 0 Å². The predicted octanol–water partition coefficient (Wildman–Crippen LogP) is 3.84. The van der Waals surface area contributed by atoms with Crippen molar-refractivity contribution in [3.8, 4) is 0 Å². The van der Waals surface area contributed by atoms with Crippen molar-refractivity contribution >= 4 is 23.4 Å². The molecule has 7 nitrogen and oxygen atoms in total. The van der Waals surface area contributed by atoms with Crippen LogP contribution in [0.1, 0.15) is 39.3 Å². The minimum absolute atomic E-state index is 0.111. The lowest BCUT2D eigenvalue weighted by atomic mass is 10.1. The number of nitrogens with zero attached hydrogens (tertiary/aromatic N) is 2. The van der Waals surface area contributed by atoms with Gasteiger partial charge in [-0.3, -0.25) is 14.4 Å². The fourth-order valence-electron chi connectivity index (χ4n) is 3.92. The van der Waals surface area contributed by atoms with Crippen LogP contribution in [0.4, 0.5) is 5.69 Å². The highest BCUT2D eigenvalue weighted by molar-refractivity contribution is 6.03. The summed E-state index contributed by atoms with van der Waals surface area (Å²) in [7, 11) is 0. The molecule has 0 bridgehead atoms. The number of furan rings is 1. The first-order valence-electron chi connectivity index (χ1n) is 11.2. The molecule has 3 aromatic rings. The molecule has 1 fully saturated rings. The predicted molar refractivity (Wildman–Crippen MR) is 125 cm³/mol. The van der Waals surface area contributed by atoms with Crippen molar-refractivity contribution in [2.75, 3.05) is 31.5 Å². The van der Waals surface area contributed by atoms with Crippen LogP contribution in [0.25, 0.3) is 0 Å². The molecule has 1 saturated heterocycles. The summed E-state index contributed by atoms with van der Waals surface area (Å²) in [6, 6.07) is 20.2. The van der Waals surface area contributed by atoms with Gasteiger partial charge in [-0.1, -0.05) is 36.4 Å². The van der Waals surface area contributed by atoms with Crippen LogP contribution >= 0.6 is 0 Å². The van der Waals surface area contributed by atoms with E-state index < -0.39 is 0 Å². The highest BCUT2D eigenvalue weighted by Gasteiger charge is 2.25. The maximum atomic E-state index is 13.0. The van der Waals surface area contributed by atoms with Gasteiger partial charge in [0.1, 0.15) is 0 Å². The Kier molecular flexibility index (Phi) is 7.19. The van der Waals surface area contributed by atoms with Crippen LogP contribution in [-0.4, -0.2) is 53.7 Å². The molecule has 1 aliphatic heterocycles. The Morgan fingerprint density at radius 3 is 2.33 bits per heavy atom. The molecule has 33 heavy (non-hydrogen) atoms. The first-order chi connectivity index (χ1) is 16.1. The van der Waals surface area contributed by atoms with Gasteiger partial charge in [-0.15, -0.1) is 0 Å². The molecule has 2 heterocycles. The molecule has 2 aromatic carbocycles. The Bertz CT molecular complexity index is 1090. The molecule has 0 unspecified atom stereocenters. The van der Waals surface area contributed by atoms with Crippen molar-refractivity contribution < 1.29 is 18.8 Å². The van der Waals surface area contributed by atoms with Crippen molar-refractivity contribution in [3.05, 3.63) is 89.9 Å². The number of rotatable bonds is 7. The zero-order valence-electron chi connectivity index (χ0n) is 18.4. The molecule has 170 valence electrons. The Hall–Kier alpha value is -3.87. The smallest absolute Gasteiger partial charge is 0.291 e. The van der Waals surface area contributed by atoms with Crippen LogP contribution < -0.4 is 5.32 Å². The summed E-state index contributed by atoms with van der Waals surface area (Å²) in [5.41, 5.74) is 2.26. The fraction of sp³-hybridized carbons (Fsp3) is 0.269. The fourth-order valence-corrected chi connectivity index (χ4v) is 3.92. The molecule has 1 aliphatic rings. The molecule has 0 spiro atoms. The Labute approximate surface area is 193 Å². The number of carbonyl (C=O) groups is 3. The van der Waals surface area contributed by atoms with Gasteiger partial charge in [0.05, 0.1) is 6.26 Å². The summed E-state index contributed by atoms with van der Waals surface area (Å²) >= 11 is 0. The molecule has 0 radical (unpaired) electrons. The van der Waals surface area contributed by atoms with Gasteiger partial charge in [-0.05, 0) is 48.7 Å². The van der Waals surface area contributed by atoms with Gasteiger partial charge in [0, 0.05) is 43.9 Å². The lowest BCUT2D eigenvalue weighted by Crippen LogP contribution is -2.50. The summed E-state index contributed by atoms with van der Waals surface area (Å²) in [5.74, 6) is -0.138. The van der Waals surface area contributed by atoms with Gasteiger partial charge in [0.15, 0.2) is 5.76 Å². The number of benzene rings is 2. The number of hydrogen-bond donors (Lipinski definition) is 1. The van der Waals surface area contributed by atoms with E-state index in [4.69, 9.17) is 4.42 Å². The van der Waals surface area contributed by atoms with E-state index in [9.17, 15) is 14.4 Å². The second-order valence-electron chi connectivity index (χ2n) is 8.02. The van der Waals surface area contributed by atoms with Gasteiger partial charge in [-0.2, -0.15) is 0 Å². The average Bonchev–Trinajstić information content (AvgIpc) is 3.40. The SMILES string of the molecule is O=C(Nc1cccc(C(=O)N2CCN(C(=O)CCCc3ccccc3)CC2)c1)c1ccco1. The molecule has 0 atom stereocenters. The molecule has 0 aliphatic carbocycles. The zero-order valence-corrected chi connectivity index (χ0v) is 18.4. The summed E-state index contributed by atoms with van der Waals surface area (Å²) in [5, 5.41) is 2.74. The molecule has 1 aromatic heterocycles. The highest BCUT2D eigenvalue weighted by Crippen LogP contribution is 2.16. The van der Waals surface area contributed by atoms with Gasteiger partial charge in [0.2, 0.25) is 5.91 Å². The third-order valence-corrected chi connectivity index (χ3v) is 5.73. The maximum absolute atomic E-state index is 13.0. The van der Waals surface area contributed by atoms with Crippen LogP contribution in [0.3, 0.4) is 0 Å². The summed E-state index contributed by atoms with van der Waals surface area (Å²) in [6.45, 7) is 2.05. The summed E-state index contributed by atoms with van der Waals surface area (Å²) in [6.07, 6.45) is 3.65. The summed E-state index contributed by atoms with van der Waals surface area (Å²) in [4.78, 5) is 41.3. The van der Waals surface area contributed by atoms with Crippen molar-refractivity contribution in [1.82, 2.24) is 9.80 Å². The first-order valence-corrected chi connectivity index (χ1v) is 11.2. The van der Waals surface area contributed by atoms with Gasteiger partial charge in [-0.25, -0.2) is 0 Å². The minimum Gasteiger partial charge on any atom is -0.459 e. The highest BCUT2D eigenvalue weighted by atomic mass is 16.3. The zero-order chi connectivity index (χ0) is 23.0. The third-order valence-electron chi connectivity index (χ3n) is 5.73. The number of aryl methyl sites for hydroxylation is 1. The van der Waals surface area contributed by atoms with E-state index >= 15 is 0 Å². The minimum atomic E-state index is -0.371. The van der Waals surface area contributed by atoms with Crippen molar-refractivity contribution in [2.45, 2.75) is 19.3 Å². The second-order valence-corrected chi connectivity index (χ2v) is 8.02. The molecule has 7 heteroatoms. The molecule has 3 amide bonds. The normalized spacial score (nSPS) is 13.6. The molecular weight excluding hydrogens is 418 g/mol. The van der Waals surface area contributed by atoms with Crippen molar-refractivity contribution in [2.24, 2.45) is 0 Å². The number of hydrogen-bond acceptors (Lipinski definition) is 4. The lowest BCUT2D eigenvalue weighted by Gasteiger charge is -2.35. The van der Waals surface area contributed by atoms with Gasteiger partial charge >= 0.3 is 0 Å². The summed E-state index contributed by atoms with van der Waals surface area (Å²) < 4.78 is 5.10. The van der Waals surface area contributed by atoms with E-state index in [1.54, 1.807) is 41.3 Å². The second kappa shape index (κ2) is 10.6. The molecular formula is C26H27N3O4. The van der Waals surface area contributed by atoms with E-state index in [0.717, 1.165) is 12.8 Å². The van der Waals surface area contributed by atoms with Crippen LogP contribution in [-0.2, 0) is 11.2 Å². The van der Waals surface area contributed by atoms with E-state index in [1.807, 2.05) is 23.1 Å². The van der Waals surface area contributed by atoms with E-state index in [1.165, 1.54) is 11.8 Å². The number of carbonyl (C=O) groups excluding carboxylic acids is 3. The Morgan fingerprint density at radius 2 is 1.61 bits per heavy atom. The number of nitrogens with one attached hydrogen (secondary N) is 1. The van der Waals surface area contributed by atoms with Crippen molar-refractivity contribution in [1.29, 1.82) is 0 Å². The first kappa shape index (κ1) is 22.3. The quantitative estimate of drug-likeness (QED) is 0.599. The topological polar surface area (TPSA) is 82.9 Å². The van der Waals surface area contributed by atoms with Gasteiger partial charge < -0.3 is 19.5 Å². The lowest BCUT2D eigenvalue weighted by molar-refractivity contribution is -0.132. The molecule has 1 N–H and O–H groups in total. The maximum Gasteiger partial charge on any atom is 0.291 e. The van der Waals surface area contributed by atoms with E-state index in [0.29, 0.717) is 43.9 Å². The third kappa shape index (κ3) is 5.88. The monoisotopic (exact) mass is 445 g/mol.